The predicted octanol–water partition coefficient (Wildman–Crippen LogP) is 11.9. The summed E-state index contributed by atoms with van der Waals surface area (Å²) in [6.07, 6.45) is 42.9. The van der Waals surface area contributed by atoms with Gasteiger partial charge in [0.15, 0.2) is 0 Å². The highest BCUT2D eigenvalue weighted by atomic mass is 31.2. The van der Waals surface area contributed by atoms with Gasteiger partial charge in [0, 0.05) is 19.6 Å². The molecule has 0 aromatic heterocycles. The maximum atomic E-state index is 12.6. The van der Waals surface area contributed by atoms with Crippen LogP contribution in [0.2, 0.25) is 0 Å². The van der Waals surface area contributed by atoms with Crippen LogP contribution in [-0.4, -0.2) is 49.9 Å². The molecule has 0 aliphatic rings. The van der Waals surface area contributed by atoms with Gasteiger partial charge < -0.3 is 20.1 Å². The normalized spacial score (nSPS) is 13.9. The molecular formula is C41H78NO7P. The van der Waals surface area contributed by atoms with Crippen molar-refractivity contribution in [3.05, 3.63) is 36.5 Å². The number of rotatable bonds is 39. The van der Waals surface area contributed by atoms with E-state index in [1.807, 2.05) is 0 Å². The Balaban J connectivity index is 4.07. The van der Waals surface area contributed by atoms with Crippen molar-refractivity contribution in [3.8, 4) is 0 Å². The maximum absolute atomic E-state index is 12.6. The Morgan fingerprint density at radius 3 is 1.62 bits per heavy atom. The molecule has 0 spiro atoms. The lowest BCUT2D eigenvalue weighted by Gasteiger charge is -2.20. The third-order valence-electron chi connectivity index (χ3n) is 8.53. The Labute approximate surface area is 308 Å². The van der Waals surface area contributed by atoms with Crippen molar-refractivity contribution in [2.75, 3.05) is 33.0 Å². The van der Waals surface area contributed by atoms with Gasteiger partial charge in [0.1, 0.15) is 6.10 Å². The molecule has 8 nitrogen and oxygen atoms in total. The van der Waals surface area contributed by atoms with Crippen LogP contribution in [0.1, 0.15) is 181 Å². The number of phosphoric ester groups is 1. The molecule has 0 fully saturated rings. The number of nitrogens with two attached hydrogens (primary N) is 1. The summed E-state index contributed by atoms with van der Waals surface area (Å²) in [5, 5.41) is 0. The summed E-state index contributed by atoms with van der Waals surface area (Å²) in [6, 6.07) is 0. The van der Waals surface area contributed by atoms with Crippen LogP contribution in [0.4, 0.5) is 0 Å². The number of carbonyl (C=O) groups is 1. The van der Waals surface area contributed by atoms with E-state index in [1.54, 1.807) is 0 Å². The minimum Gasteiger partial charge on any atom is -0.457 e. The van der Waals surface area contributed by atoms with Crippen molar-refractivity contribution in [1.29, 1.82) is 0 Å². The predicted molar refractivity (Wildman–Crippen MR) is 210 cm³/mol. The lowest BCUT2D eigenvalue weighted by atomic mass is 10.1. The highest BCUT2D eigenvalue weighted by Crippen LogP contribution is 2.43. The number of phosphoric acid groups is 1. The topological polar surface area (TPSA) is 117 Å². The number of carbonyl (C=O) groups excluding carboxylic acids is 1. The third kappa shape index (κ3) is 38.0. The van der Waals surface area contributed by atoms with Gasteiger partial charge in [-0.25, -0.2) is 4.57 Å². The summed E-state index contributed by atoms with van der Waals surface area (Å²) in [7, 11) is -4.28. The number of hydrogen-bond donors (Lipinski definition) is 2. The smallest absolute Gasteiger partial charge is 0.457 e. The van der Waals surface area contributed by atoms with Gasteiger partial charge in [-0.1, -0.05) is 140 Å². The largest absolute Gasteiger partial charge is 0.472 e. The molecule has 2 unspecified atom stereocenters. The number of unbranched alkanes of at least 4 members (excludes halogenated alkanes) is 20. The molecule has 50 heavy (non-hydrogen) atoms. The Morgan fingerprint density at radius 1 is 0.600 bits per heavy atom. The zero-order valence-corrected chi connectivity index (χ0v) is 33.3. The molecule has 0 rings (SSSR count). The Bertz CT molecular complexity index is 864. The van der Waals surface area contributed by atoms with Crippen molar-refractivity contribution < 1.29 is 32.8 Å². The van der Waals surface area contributed by atoms with E-state index in [9.17, 15) is 14.3 Å². The summed E-state index contributed by atoms with van der Waals surface area (Å²) >= 11 is 0. The molecule has 0 saturated heterocycles. The zero-order chi connectivity index (χ0) is 36.6. The number of hydrogen-bond acceptors (Lipinski definition) is 7. The molecule has 2 atom stereocenters. The van der Waals surface area contributed by atoms with Crippen LogP contribution in [0.15, 0.2) is 36.5 Å². The second kappa shape index (κ2) is 38.9. The minimum absolute atomic E-state index is 0.0976. The Kier molecular flexibility index (Phi) is 37.9. The first-order chi connectivity index (χ1) is 24.4. The van der Waals surface area contributed by atoms with Gasteiger partial charge in [-0.3, -0.25) is 13.8 Å². The summed E-state index contributed by atoms with van der Waals surface area (Å²) in [5.41, 5.74) is 5.36. The van der Waals surface area contributed by atoms with Crippen molar-refractivity contribution in [2.45, 2.75) is 187 Å². The average Bonchev–Trinajstić information content (AvgIpc) is 3.10. The van der Waals surface area contributed by atoms with Crippen molar-refractivity contribution >= 4 is 13.8 Å². The fourth-order valence-electron chi connectivity index (χ4n) is 5.49. The van der Waals surface area contributed by atoms with Crippen LogP contribution >= 0.6 is 7.82 Å². The summed E-state index contributed by atoms with van der Waals surface area (Å²) in [4.78, 5) is 22.4. The SMILES string of the molecule is CCCCC/C=C\CCCCCCCCOCC(COP(=O)(O)OCCN)OC(=O)CCCCCCCCC/C=C\C/C=C\CCCCCC. The molecule has 0 aliphatic carbocycles. The average molecular weight is 728 g/mol. The molecule has 3 N–H and O–H groups in total. The second-order valence-electron chi connectivity index (χ2n) is 13.5. The van der Waals surface area contributed by atoms with Crippen molar-refractivity contribution in [1.82, 2.24) is 0 Å². The molecule has 0 aliphatic heterocycles. The fraction of sp³-hybridized carbons (Fsp3) is 0.829. The third-order valence-corrected chi connectivity index (χ3v) is 9.51. The fourth-order valence-corrected chi connectivity index (χ4v) is 6.26. The van der Waals surface area contributed by atoms with E-state index in [-0.39, 0.29) is 32.3 Å². The van der Waals surface area contributed by atoms with Gasteiger partial charge in [-0.2, -0.15) is 0 Å². The molecule has 294 valence electrons. The van der Waals surface area contributed by atoms with Crippen LogP contribution in [0, 0.1) is 0 Å². The van der Waals surface area contributed by atoms with Crippen LogP contribution in [0.25, 0.3) is 0 Å². The van der Waals surface area contributed by atoms with E-state index >= 15 is 0 Å². The molecule has 9 heteroatoms. The molecular weight excluding hydrogens is 649 g/mol. The van der Waals surface area contributed by atoms with Gasteiger partial charge in [0.25, 0.3) is 0 Å². The van der Waals surface area contributed by atoms with Crippen LogP contribution in [-0.2, 0) is 27.9 Å². The summed E-state index contributed by atoms with van der Waals surface area (Å²) in [5.74, 6) is -0.341. The first-order valence-electron chi connectivity index (χ1n) is 20.5. The molecule has 0 amide bonds. The summed E-state index contributed by atoms with van der Waals surface area (Å²) < 4.78 is 33.3. The molecule has 0 aromatic rings. The molecule has 0 heterocycles. The molecule has 0 bridgehead atoms. The quantitative estimate of drug-likeness (QED) is 0.0278. The number of allylic oxidation sites excluding steroid dienone is 6. The summed E-state index contributed by atoms with van der Waals surface area (Å²) in [6.45, 7) is 4.86. The number of esters is 1. The van der Waals surface area contributed by atoms with Crippen LogP contribution in [0.5, 0.6) is 0 Å². The van der Waals surface area contributed by atoms with Crippen LogP contribution in [0.3, 0.4) is 0 Å². The molecule has 0 aromatic carbocycles. The minimum atomic E-state index is -4.28. The van der Waals surface area contributed by atoms with Gasteiger partial charge >= 0.3 is 13.8 Å². The lowest BCUT2D eigenvalue weighted by Crippen LogP contribution is -2.28. The lowest BCUT2D eigenvalue weighted by molar-refractivity contribution is -0.154. The van der Waals surface area contributed by atoms with Gasteiger partial charge in [0.05, 0.1) is 19.8 Å². The Morgan fingerprint density at radius 2 is 1.06 bits per heavy atom. The van der Waals surface area contributed by atoms with E-state index in [1.165, 1.54) is 116 Å². The zero-order valence-electron chi connectivity index (χ0n) is 32.4. The molecule has 0 saturated carbocycles. The van der Waals surface area contributed by atoms with Crippen molar-refractivity contribution in [3.63, 3.8) is 0 Å². The highest BCUT2D eigenvalue weighted by Gasteiger charge is 2.25. The van der Waals surface area contributed by atoms with E-state index in [4.69, 9.17) is 24.3 Å². The first-order valence-corrected chi connectivity index (χ1v) is 22.0. The van der Waals surface area contributed by atoms with Gasteiger partial charge in [-0.15, -0.1) is 0 Å². The molecule has 0 radical (unpaired) electrons. The van der Waals surface area contributed by atoms with Gasteiger partial charge in [0.2, 0.25) is 0 Å². The standard InChI is InChI=1S/C41H78NO7P/c1-3-5-7-9-11-13-15-17-18-19-20-21-22-24-26-28-30-32-34-41(43)49-40(39-48-50(44,45)47-37-35-42)38-46-36-33-31-29-27-25-23-16-14-12-10-8-6-4-2/h12-15,18-19,40H,3-11,16-17,20-39,42H2,1-2H3,(H,44,45)/b14-12-,15-13-,19-18-. The van der Waals surface area contributed by atoms with Crippen LogP contribution < -0.4 is 5.73 Å². The monoisotopic (exact) mass is 728 g/mol. The van der Waals surface area contributed by atoms with E-state index in [2.05, 4.69) is 50.3 Å². The maximum Gasteiger partial charge on any atom is 0.472 e. The number of ether oxygens (including phenoxy) is 2. The van der Waals surface area contributed by atoms with E-state index < -0.39 is 13.9 Å². The van der Waals surface area contributed by atoms with Crippen molar-refractivity contribution in [2.24, 2.45) is 5.73 Å². The second-order valence-corrected chi connectivity index (χ2v) is 14.9. The van der Waals surface area contributed by atoms with Gasteiger partial charge in [-0.05, 0) is 70.6 Å². The van der Waals surface area contributed by atoms with E-state index in [0.29, 0.717) is 13.0 Å². The first kappa shape index (κ1) is 48.7. The highest BCUT2D eigenvalue weighted by molar-refractivity contribution is 7.47. The van der Waals surface area contributed by atoms with E-state index in [0.717, 1.165) is 44.9 Å². The Hall–Kier alpha value is -1.28.